The van der Waals surface area contributed by atoms with Crippen molar-refractivity contribution in [3.8, 4) is 0 Å². The number of hydrogen-bond donors (Lipinski definition) is 2. The van der Waals surface area contributed by atoms with E-state index >= 15 is 0 Å². The molecule has 6 heteroatoms. The van der Waals surface area contributed by atoms with Crippen LogP contribution >= 0.6 is 24.0 Å². The highest BCUT2D eigenvalue weighted by molar-refractivity contribution is 14.0. The number of rotatable bonds is 6. The fraction of sp³-hybridized carbons (Fsp3) is 0.562. The van der Waals surface area contributed by atoms with Gasteiger partial charge in [0.2, 0.25) is 0 Å². The third kappa shape index (κ3) is 7.40. The second-order valence-corrected chi connectivity index (χ2v) is 5.76. The Morgan fingerprint density at radius 2 is 1.68 bits per heavy atom. The summed E-state index contributed by atoms with van der Waals surface area (Å²) in [5.74, 6) is 1.14. The largest absolute Gasteiger partial charge is 0.356 e. The lowest BCUT2D eigenvalue weighted by Crippen LogP contribution is -2.42. The van der Waals surface area contributed by atoms with Crippen LogP contribution in [0.4, 0.5) is 4.39 Å². The Labute approximate surface area is 150 Å². The molecule has 126 valence electrons. The molecule has 0 radical (unpaired) electrons. The van der Waals surface area contributed by atoms with Crippen molar-refractivity contribution in [3.05, 3.63) is 35.6 Å². The van der Waals surface area contributed by atoms with Gasteiger partial charge >= 0.3 is 0 Å². The maximum atomic E-state index is 13.0. The van der Waals surface area contributed by atoms with E-state index in [2.05, 4.69) is 34.4 Å². The summed E-state index contributed by atoms with van der Waals surface area (Å²) in [6.07, 6.45) is 0. The molecule has 1 unspecified atom stereocenters. The Morgan fingerprint density at radius 3 is 2.14 bits per heavy atom. The van der Waals surface area contributed by atoms with Gasteiger partial charge in [0.05, 0.1) is 6.04 Å². The maximum Gasteiger partial charge on any atom is 0.191 e. The third-order valence-corrected chi connectivity index (χ3v) is 3.24. The highest BCUT2D eigenvalue weighted by atomic mass is 127. The summed E-state index contributed by atoms with van der Waals surface area (Å²) >= 11 is 0. The molecule has 0 bridgehead atoms. The fourth-order valence-corrected chi connectivity index (χ4v) is 2.00. The molecule has 0 aromatic heterocycles. The lowest BCUT2D eigenvalue weighted by Gasteiger charge is -2.26. The third-order valence-electron chi connectivity index (χ3n) is 3.24. The molecule has 1 aromatic carbocycles. The van der Waals surface area contributed by atoms with Gasteiger partial charge in [-0.1, -0.05) is 26.0 Å². The van der Waals surface area contributed by atoms with Crippen LogP contribution in [0.2, 0.25) is 0 Å². The zero-order chi connectivity index (χ0) is 15.8. The van der Waals surface area contributed by atoms with E-state index in [0.29, 0.717) is 12.5 Å². The van der Waals surface area contributed by atoms with E-state index in [-0.39, 0.29) is 35.8 Å². The first kappa shape index (κ1) is 21.1. The average molecular weight is 422 g/mol. The van der Waals surface area contributed by atoms with Gasteiger partial charge < -0.3 is 15.5 Å². The average Bonchev–Trinajstić information content (AvgIpc) is 2.43. The molecule has 0 amide bonds. The molecule has 0 aliphatic carbocycles. The predicted molar refractivity (Wildman–Crippen MR) is 102 cm³/mol. The Hall–Kier alpha value is -0.890. The Morgan fingerprint density at radius 1 is 1.14 bits per heavy atom. The fourth-order valence-electron chi connectivity index (χ4n) is 2.00. The second kappa shape index (κ2) is 10.8. The molecule has 0 spiro atoms. The molecule has 0 aliphatic heterocycles. The highest BCUT2D eigenvalue weighted by Crippen LogP contribution is 2.17. The number of halogens is 2. The molecule has 0 fully saturated rings. The van der Waals surface area contributed by atoms with Gasteiger partial charge in [-0.05, 0) is 37.7 Å². The van der Waals surface area contributed by atoms with Crippen LogP contribution in [0, 0.1) is 11.7 Å². The van der Waals surface area contributed by atoms with Crippen molar-refractivity contribution >= 4 is 29.9 Å². The smallest absolute Gasteiger partial charge is 0.191 e. The monoisotopic (exact) mass is 422 g/mol. The van der Waals surface area contributed by atoms with E-state index < -0.39 is 0 Å². The molecular formula is C16H28FIN4. The summed E-state index contributed by atoms with van der Waals surface area (Å²) in [6.45, 7) is 5.89. The van der Waals surface area contributed by atoms with Crippen LogP contribution < -0.4 is 10.6 Å². The molecule has 1 rings (SSSR count). The number of hydrogen-bond acceptors (Lipinski definition) is 2. The van der Waals surface area contributed by atoms with Crippen LogP contribution in [-0.2, 0) is 0 Å². The summed E-state index contributed by atoms with van der Waals surface area (Å²) in [5, 5.41) is 6.61. The van der Waals surface area contributed by atoms with Crippen LogP contribution in [0.1, 0.15) is 25.5 Å². The van der Waals surface area contributed by atoms with Crippen LogP contribution in [0.5, 0.6) is 0 Å². The molecular weight excluding hydrogens is 394 g/mol. The molecule has 0 heterocycles. The Balaban J connectivity index is 0.00000441. The van der Waals surface area contributed by atoms with Crippen molar-refractivity contribution in [2.75, 3.05) is 34.2 Å². The minimum Gasteiger partial charge on any atom is -0.356 e. The number of guanidine groups is 1. The summed E-state index contributed by atoms with van der Waals surface area (Å²) in [5.41, 5.74) is 1.08. The lowest BCUT2D eigenvalue weighted by molar-refractivity contribution is 0.298. The van der Waals surface area contributed by atoms with Gasteiger partial charge in [0, 0.05) is 20.1 Å². The van der Waals surface area contributed by atoms with E-state index in [9.17, 15) is 4.39 Å². The van der Waals surface area contributed by atoms with Gasteiger partial charge in [-0.25, -0.2) is 4.39 Å². The molecule has 0 aliphatic rings. The summed E-state index contributed by atoms with van der Waals surface area (Å²) in [4.78, 5) is 6.32. The van der Waals surface area contributed by atoms with Crippen molar-refractivity contribution in [1.29, 1.82) is 0 Å². The summed E-state index contributed by atoms with van der Waals surface area (Å²) in [7, 11) is 5.79. The van der Waals surface area contributed by atoms with Gasteiger partial charge in [0.1, 0.15) is 5.82 Å². The maximum absolute atomic E-state index is 13.0. The first-order chi connectivity index (χ1) is 9.93. The van der Waals surface area contributed by atoms with E-state index in [1.165, 1.54) is 12.1 Å². The summed E-state index contributed by atoms with van der Waals surface area (Å²) < 4.78 is 13.0. The van der Waals surface area contributed by atoms with Crippen molar-refractivity contribution in [2.24, 2.45) is 10.9 Å². The van der Waals surface area contributed by atoms with E-state index in [1.54, 1.807) is 7.05 Å². The topological polar surface area (TPSA) is 39.7 Å². The number of nitrogens with one attached hydrogen (secondary N) is 2. The van der Waals surface area contributed by atoms with Crippen molar-refractivity contribution in [2.45, 2.75) is 19.9 Å². The zero-order valence-corrected chi connectivity index (χ0v) is 16.4. The van der Waals surface area contributed by atoms with Gasteiger partial charge in [-0.15, -0.1) is 24.0 Å². The van der Waals surface area contributed by atoms with Crippen molar-refractivity contribution < 1.29 is 4.39 Å². The van der Waals surface area contributed by atoms with Crippen LogP contribution in [0.15, 0.2) is 29.3 Å². The molecule has 0 saturated heterocycles. The number of benzene rings is 1. The molecule has 2 N–H and O–H groups in total. The SMILES string of the molecule is CN=C(NCC(C)C)NCC(c1ccc(F)cc1)N(C)C.I. The number of likely N-dealkylation sites (N-methyl/N-ethyl adjacent to an activating group) is 1. The van der Waals surface area contributed by atoms with Gasteiger partial charge in [-0.2, -0.15) is 0 Å². The highest BCUT2D eigenvalue weighted by Gasteiger charge is 2.14. The first-order valence-corrected chi connectivity index (χ1v) is 7.30. The molecule has 1 atom stereocenters. The van der Waals surface area contributed by atoms with Crippen molar-refractivity contribution in [3.63, 3.8) is 0 Å². The number of aliphatic imine (C=N–C) groups is 1. The minimum atomic E-state index is -0.210. The van der Waals surface area contributed by atoms with Crippen molar-refractivity contribution in [1.82, 2.24) is 15.5 Å². The standard InChI is InChI=1S/C16H27FN4.HI/c1-12(2)10-19-16(18-3)20-11-15(21(4)5)13-6-8-14(17)9-7-13;/h6-9,12,15H,10-11H2,1-5H3,(H2,18,19,20);1H. The van der Waals surface area contributed by atoms with Crippen LogP contribution in [-0.4, -0.2) is 45.1 Å². The van der Waals surface area contributed by atoms with Gasteiger partial charge in [0.15, 0.2) is 5.96 Å². The zero-order valence-electron chi connectivity index (χ0n) is 14.1. The van der Waals surface area contributed by atoms with E-state index in [1.807, 2.05) is 26.2 Å². The predicted octanol–water partition coefficient (Wildman–Crippen LogP) is 2.87. The molecule has 1 aromatic rings. The minimum absolute atomic E-state index is 0. The second-order valence-electron chi connectivity index (χ2n) is 5.76. The lowest BCUT2D eigenvalue weighted by atomic mass is 10.1. The Kier molecular flexibility index (Phi) is 10.3. The Bertz CT molecular complexity index is 446. The summed E-state index contributed by atoms with van der Waals surface area (Å²) in [6, 6.07) is 6.80. The van der Waals surface area contributed by atoms with E-state index in [4.69, 9.17) is 0 Å². The first-order valence-electron chi connectivity index (χ1n) is 7.30. The van der Waals surface area contributed by atoms with Crippen LogP contribution in [0.3, 0.4) is 0 Å². The van der Waals surface area contributed by atoms with E-state index in [0.717, 1.165) is 18.1 Å². The molecule has 22 heavy (non-hydrogen) atoms. The van der Waals surface area contributed by atoms with Gasteiger partial charge in [-0.3, -0.25) is 4.99 Å². The quantitative estimate of drug-likeness (QED) is 0.421. The number of nitrogens with zero attached hydrogens (tertiary/aromatic N) is 2. The normalized spacial score (nSPS) is 13.0. The van der Waals surface area contributed by atoms with Crippen LogP contribution in [0.25, 0.3) is 0 Å². The molecule has 4 nitrogen and oxygen atoms in total. The van der Waals surface area contributed by atoms with Gasteiger partial charge in [0.25, 0.3) is 0 Å². The molecule has 0 saturated carbocycles.